The summed E-state index contributed by atoms with van der Waals surface area (Å²) < 4.78 is 10.6. The van der Waals surface area contributed by atoms with Crippen LogP contribution in [0, 0.1) is 0 Å². The van der Waals surface area contributed by atoms with E-state index in [0.29, 0.717) is 24.5 Å². The van der Waals surface area contributed by atoms with E-state index in [2.05, 4.69) is 4.98 Å². The summed E-state index contributed by atoms with van der Waals surface area (Å²) in [5, 5.41) is 9.44. The number of carbonyl (C=O) groups is 1. The zero-order valence-electron chi connectivity index (χ0n) is 14.3. The highest BCUT2D eigenvalue weighted by Gasteiger charge is 2.28. The Kier molecular flexibility index (Phi) is 5.46. The summed E-state index contributed by atoms with van der Waals surface area (Å²) in [6, 6.07) is 1.91. The molecule has 1 N–H and O–H groups in total. The first-order valence-corrected chi connectivity index (χ1v) is 7.95. The van der Waals surface area contributed by atoms with Gasteiger partial charge in [-0.25, -0.2) is 9.78 Å². The molecule has 2 heterocycles. The van der Waals surface area contributed by atoms with E-state index in [-0.39, 0.29) is 18.6 Å². The molecule has 0 unspecified atom stereocenters. The molecule has 0 spiro atoms. The maximum absolute atomic E-state index is 12.2. The van der Waals surface area contributed by atoms with Crippen molar-refractivity contribution in [2.75, 3.05) is 20.2 Å². The first-order chi connectivity index (χ1) is 10.8. The van der Waals surface area contributed by atoms with Crippen LogP contribution >= 0.6 is 0 Å². The minimum atomic E-state index is -0.490. The van der Waals surface area contributed by atoms with E-state index in [1.54, 1.807) is 11.1 Å². The van der Waals surface area contributed by atoms with Gasteiger partial charge in [-0.2, -0.15) is 0 Å². The summed E-state index contributed by atoms with van der Waals surface area (Å²) in [4.78, 5) is 18.3. The molecule has 0 bridgehead atoms. The Labute approximate surface area is 137 Å². The number of likely N-dealkylation sites (tertiary alicyclic amines) is 1. The Balaban J connectivity index is 2.10. The number of hydrogen-bond donors (Lipinski definition) is 1. The highest BCUT2D eigenvalue weighted by atomic mass is 16.6. The molecular weight excluding hydrogens is 296 g/mol. The van der Waals surface area contributed by atoms with Crippen LogP contribution in [0.2, 0.25) is 0 Å². The minimum absolute atomic E-state index is 0.119. The van der Waals surface area contributed by atoms with E-state index >= 15 is 0 Å². The van der Waals surface area contributed by atoms with Gasteiger partial charge in [0.15, 0.2) is 0 Å². The van der Waals surface area contributed by atoms with Gasteiger partial charge in [0, 0.05) is 30.8 Å². The van der Waals surface area contributed by atoms with Crippen molar-refractivity contribution in [1.82, 2.24) is 9.88 Å². The van der Waals surface area contributed by atoms with Crippen molar-refractivity contribution in [2.24, 2.45) is 0 Å². The first-order valence-electron chi connectivity index (χ1n) is 7.95. The van der Waals surface area contributed by atoms with Crippen molar-refractivity contribution in [3.05, 3.63) is 23.4 Å². The number of aliphatic hydroxyl groups excluding tert-OH is 1. The monoisotopic (exact) mass is 322 g/mol. The highest BCUT2D eigenvalue weighted by molar-refractivity contribution is 5.68. The molecule has 1 aliphatic heterocycles. The SMILES string of the molecule is COc1ncc([C@@H]2CCCN(C(=O)OC(C)(C)C)C2)cc1CO. The number of amides is 1. The maximum atomic E-state index is 12.2. The lowest BCUT2D eigenvalue weighted by Gasteiger charge is -2.34. The van der Waals surface area contributed by atoms with Crippen molar-refractivity contribution in [1.29, 1.82) is 0 Å². The van der Waals surface area contributed by atoms with Gasteiger partial charge in [-0.15, -0.1) is 0 Å². The molecule has 1 fully saturated rings. The average molecular weight is 322 g/mol. The lowest BCUT2D eigenvalue weighted by molar-refractivity contribution is 0.0198. The molecule has 0 saturated carbocycles. The predicted octanol–water partition coefficient (Wildman–Crippen LogP) is 2.70. The molecule has 128 valence electrons. The molecule has 1 aliphatic rings. The smallest absolute Gasteiger partial charge is 0.410 e. The third kappa shape index (κ3) is 4.58. The van der Waals surface area contributed by atoms with Crippen LogP contribution in [0.5, 0.6) is 5.88 Å². The van der Waals surface area contributed by atoms with Crippen molar-refractivity contribution < 1.29 is 19.4 Å². The standard InChI is InChI=1S/C17H26N2O4/c1-17(2,3)23-16(21)19-7-5-6-12(10-19)13-8-14(11-20)15(22-4)18-9-13/h8-9,12,20H,5-7,10-11H2,1-4H3/t12-/m1/s1. The van der Waals surface area contributed by atoms with E-state index in [0.717, 1.165) is 18.4 Å². The molecule has 1 saturated heterocycles. The lowest BCUT2D eigenvalue weighted by atomic mass is 9.91. The molecule has 0 aliphatic carbocycles. The number of rotatable bonds is 3. The second-order valence-corrected chi connectivity index (χ2v) is 6.86. The number of aliphatic hydroxyl groups is 1. The number of piperidine rings is 1. The quantitative estimate of drug-likeness (QED) is 0.926. The Morgan fingerprint density at radius 2 is 2.22 bits per heavy atom. The third-order valence-corrected chi connectivity index (χ3v) is 3.85. The molecule has 0 aromatic carbocycles. The van der Waals surface area contributed by atoms with Crippen LogP contribution in [0.1, 0.15) is 50.7 Å². The van der Waals surface area contributed by atoms with E-state index in [1.807, 2.05) is 26.8 Å². The van der Waals surface area contributed by atoms with Crippen molar-refractivity contribution in [2.45, 2.75) is 51.7 Å². The second-order valence-electron chi connectivity index (χ2n) is 6.86. The Bertz CT molecular complexity index is 554. The summed E-state index contributed by atoms with van der Waals surface area (Å²) in [6.45, 7) is 6.80. The number of nitrogens with zero attached hydrogens (tertiary/aromatic N) is 2. The fraction of sp³-hybridized carbons (Fsp3) is 0.647. The summed E-state index contributed by atoms with van der Waals surface area (Å²) in [6.07, 6.45) is 3.40. The molecule has 1 amide bonds. The van der Waals surface area contributed by atoms with Gasteiger partial charge in [0.1, 0.15) is 5.60 Å². The fourth-order valence-electron chi connectivity index (χ4n) is 2.78. The van der Waals surface area contributed by atoms with Crippen LogP contribution in [0.25, 0.3) is 0 Å². The summed E-state index contributed by atoms with van der Waals surface area (Å²) in [7, 11) is 1.53. The van der Waals surface area contributed by atoms with Crippen LogP contribution in [0.3, 0.4) is 0 Å². The Hall–Kier alpha value is -1.82. The van der Waals surface area contributed by atoms with Gasteiger partial charge in [-0.3, -0.25) is 0 Å². The number of aromatic nitrogens is 1. The summed E-state index contributed by atoms with van der Waals surface area (Å²) in [5.74, 6) is 0.635. The van der Waals surface area contributed by atoms with Crippen LogP contribution < -0.4 is 4.74 Å². The Morgan fingerprint density at radius 1 is 1.48 bits per heavy atom. The number of pyridine rings is 1. The van der Waals surface area contributed by atoms with E-state index in [9.17, 15) is 9.90 Å². The molecule has 23 heavy (non-hydrogen) atoms. The molecule has 2 rings (SSSR count). The van der Waals surface area contributed by atoms with Crippen LogP contribution in [-0.2, 0) is 11.3 Å². The number of carbonyl (C=O) groups excluding carboxylic acids is 1. The number of hydrogen-bond acceptors (Lipinski definition) is 5. The van der Waals surface area contributed by atoms with Gasteiger partial charge in [0.2, 0.25) is 5.88 Å². The van der Waals surface area contributed by atoms with E-state index in [4.69, 9.17) is 9.47 Å². The molecule has 1 aromatic heterocycles. The van der Waals surface area contributed by atoms with Gasteiger partial charge in [0.05, 0.1) is 13.7 Å². The van der Waals surface area contributed by atoms with Gasteiger partial charge in [-0.1, -0.05) is 0 Å². The molecule has 6 nitrogen and oxygen atoms in total. The molecular formula is C17H26N2O4. The van der Waals surface area contributed by atoms with Crippen molar-refractivity contribution >= 4 is 6.09 Å². The van der Waals surface area contributed by atoms with Crippen molar-refractivity contribution in [3.63, 3.8) is 0 Å². The van der Waals surface area contributed by atoms with Gasteiger partial charge < -0.3 is 19.5 Å². The van der Waals surface area contributed by atoms with Crippen LogP contribution in [-0.4, -0.2) is 46.9 Å². The largest absolute Gasteiger partial charge is 0.481 e. The minimum Gasteiger partial charge on any atom is -0.481 e. The Morgan fingerprint density at radius 3 is 2.83 bits per heavy atom. The van der Waals surface area contributed by atoms with Gasteiger partial charge in [-0.05, 0) is 45.2 Å². The zero-order chi connectivity index (χ0) is 17.0. The fourth-order valence-corrected chi connectivity index (χ4v) is 2.78. The maximum Gasteiger partial charge on any atom is 0.410 e. The van der Waals surface area contributed by atoms with E-state index in [1.165, 1.54) is 7.11 Å². The molecule has 1 atom stereocenters. The summed E-state index contributed by atoms with van der Waals surface area (Å²) in [5.41, 5.74) is 1.19. The highest BCUT2D eigenvalue weighted by Crippen LogP contribution is 2.29. The molecule has 1 aromatic rings. The zero-order valence-corrected chi connectivity index (χ0v) is 14.3. The second kappa shape index (κ2) is 7.17. The third-order valence-electron chi connectivity index (χ3n) is 3.85. The molecule has 6 heteroatoms. The van der Waals surface area contributed by atoms with Gasteiger partial charge >= 0.3 is 6.09 Å². The number of methoxy groups -OCH3 is 1. The van der Waals surface area contributed by atoms with Crippen LogP contribution in [0.15, 0.2) is 12.3 Å². The predicted molar refractivity (Wildman–Crippen MR) is 86.5 cm³/mol. The lowest BCUT2D eigenvalue weighted by Crippen LogP contribution is -2.42. The van der Waals surface area contributed by atoms with Crippen LogP contribution in [0.4, 0.5) is 4.79 Å². The van der Waals surface area contributed by atoms with Crippen molar-refractivity contribution in [3.8, 4) is 5.88 Å². The topological polar surface area (TPSA) is 71.9 Å². The van der Waals surface area contributed by atoms with E-state index < -0.39 is 5.60 Å². The normalized spacial score (nSPS) is 18.7. The number of ether oxygens (including phenoxy) is 2. The summed E-state index contributed by atoms with van der Waals surface area (Å²) >= 11 is 0. The van der Waals surface area contributed by atoms with Gasteiger partial charge in [0.25, 0.3) is 0 Å². The first kappa shape index (κ1) is 17.5. The molecule has 0 radical (unpaired) electrons. The average Bonchev–Trinajstić information content (AvgIpc) is 2.52.